The van der Waals surface area contributed by atoms with Crippen LogP contribution in [-0.4, -0.2) is 27.3 Å². The van der Waals surface area contributed by atoms with Gasteiger partial charge >= 0.3 is 0 Å². The number of carbonyl (C=O) groups excluding carboxylic acids is 3. The Morgan fingerprint density at radius 3 is 1.88 bits per heavy atom. The van der Waals surface area contributed by atoms with E-state index in [1.807, 2.05) is 0 Å². The summed E-state index contributed by atoms with van der Waals surface area (Å²) in [6, 6.07) is 13.2. The van der Waals surface area contributed by atoms with Crippen molar-refractivity contribution < 1.29 is 28.6 Å². The minimum Gasteiger partial charge on any atom is -0.297 e. The van der Waals surface area contributed by atoms with Gasteiger partial charge < -0.3 is 0 Å². The number of nitro benzene ring substituents is 2. The van der Waals surface area contributed by atoms with Crippen LogP contribution in [0.4, 0.5) is 21.5 Å². The quantitative estimate of drug-likeness (QED) is 0.178. The summed E-state index contributed by atoms with van der Waals surface area (Å²) in [6.45, 7) is 0. The highest BCUT2D eigenvalue weighted by Crippen LogP contribution is 2.42. The maximum absolute atomic E-state index is 14.8. The summed E-state index contributed by atoms with van der Waals surface area (Å²) in [7, 11) is 0. The molecule has 2 atom stereocenters. The molecule has 0 aliphatic carbocycles. The van der Waals surface area contributed by atoms with Gasteiger partial charge in [-0.2, -0.15) is 0 Å². The van der Waals surface area contributed by atoms with E-state index in [0.717, 1.165) is 47.4 Å². The van der Waals surface area contributed by atoms with Gasteiger partial charge in [-0.15, -0.1) is 0 Å². The fraction of sp³-hybridized carbons (Fsp3) is 0.0870. The van der Waals surface area contributed by atoms with E-state index in [4.69, 9.17) is 0 Å². The second-order valence-corrected chi connectivity index (χ2v) is 7.43. The maximum atomic E-state index is 14.8. The van der Waals surface area contributed by atoms with Crippen LogP contribution in [0.25, 0.3) is 0 Å². The Bertz CT molecular complexity index is 1340. The number of Topliss-reactive ketones (excluding diaryl/α,β-unsaturated/α-hetero) is 2. The second-order valence-electron chi connectivity index (χ2n) is 7.43. The molecule has 2 unspecified atom stereocenters. The molecule has 34 heavy (non-hydrogen) atoms. The molecule has 1 saturated heterocycles. The van der Waals surface area contributed by atoms with E-state index in [9.17, 15) is 39.0 Å². The lowest BCUT2D eigenvalue weighted by molar-refractivity contribution is -0.385. The van der Waals surface area contributed by atoms with Gasteiger partial charge in [0.05, 0.1) is 15.9 Å². The van der Waals surface area contributed by atoms with Crippen molar-refractivity contribution >= 4 is 34.5 Å². The average molecular weight is 463 g/mol. The van der Waals surface area contributed by atoms with Crippen molar-refractivity contribution in [1.82, 2.24) is 0 Å². The smallest absolute Gasteiger partial charge is 0.295 e. The van der Waals surface area contributed by atoms with Gasteiger partial charge in [0, 0.05) is 41.1 Å². The lowest BCUT2D eigenvalue weighted by atomic mass is 9.86. The summed E-state index contributed by atoms with van der Waals surface area (Å²) in [6.07, 6.45) is 0. The fourth-order valence-electron chi connectivity index (χ4n) is 3.91. The van der Waals surface area contributed by atoms with E-state index >= 15 is 0 Å². The monoisotopic (exact) mass is 463 g/mol. The standard InChI is InChI=1S/C23H14FN3O7/c24-18-4-2-1-3-17(18)20-19(21(28)13-5-7-15(8-6-13)26(31)32)22(29)23(30)25(20)14-9-11-16(12-10-14)27(33)34/h1-12,19-20H. The van der Waals surface area contributed by atoms with Crippen LogP contribution in [0, 0.1) is 32.0 Å². The van der Waals surface area contributed by atoms with E-state index < -0.39 is 45.1 Å². The van der Waals surface area contributed by atoms with Crippen LogP contribution in [0.1, 0.15) is 22.0 Å². The summed E-state index contributed by atoms with van der Waals surface area (Å²) in [5.41, 5.74) is -0.633. The Balaban J connectivity index is 1.83. The first-order valence-corrected chi connectivity index (χ1v) is 9.85. The number of carbonyl (C=O) groups is 3. The average Bonchev–Trinajstić information content (AvgIpc) is 3.09. The second kappa shape index (κ2) is 8.62. The lowest BCUT2D eigenvalue weighted by Gasteiger charge is -2.27. The van der Waals surface area contributed by atoms with E-state index in [1.54, 1.807) is 0 Å². The highest BCUT2D eigenvalue weighted by atomic mass is 19.1. The SMILES string of the molecule is O=C1C(=O)N(c2ccc([N+](=O)[O-])cc2)C(c2ccccc2F)C1C(=O)c1ccc([N+](=O)[O-])cc1. The molecule has 0 saturated carbocycles. The van der Waals surface area contributed by atoms with Crippen LogP contribution >= 0.6 is 0 Å². The van der Waals surface area contributed by atoms with Crippen LogP contribution in [0.15, 0.2) is 72.8 Å². The minimum atomic E-state index is -1.64. The largest absolute Gasteiger partial charge is 0.297 e. The molecule has 1 heterocycles. The number of halogens is 1. The van der Waals surface area contributed by atoms with E-state index in [-0.39, 0.29) is 28.2 Å². The molecule has 1 aliphatic rings. The molecule has 10 nitrogen and oxygen atoms in total. The number of ketones is 2. The summed E-state index contributed by atoms with van der Waals surface area (Å²) in [5.74, 6) is -5.38. The highest BCUT2D eigenvalue weighted by Gasteiger charge is 2.53. The van der Waals surface area contributed by atoms with Crippen molar-refractivity contribution in [1.29, 1.82) is 0 Å². The number of nitro groups is 2. The Hall–Kier alpha value is -4.80. The number of hydrogen-bond donors (Lipinski definition) is 0. The van der Waals surface area contributed by atoms with E-state index in [0.29, 0.717) is 0 Å². The van der Waals surface area contributed by atoms with Crippen molar-refractivity contribution in [2.24, 2.45) is 5.92 Å². The number of rotatable bonds is 6. The van der Waals surface area contributed by atoms with Gasteiger partial charge in [-0.3, -0.25) is 39.5 Å². The zero-order valence-electron chi connectivity index (χ0n) is 17.2. The minimum absolute atomic E-state index is 0.0659. The molecular weight excluding hydrogens is 449 g/mol. The Kier molecular flexibility index (Phi) is 5.68. The number of hydrogen-bond acceptors (Lipinski definition) is 7. The Morgan fingerprint density at radius 2 is 1.35 bits per heavy atom. The molecule has 1 amide bonds. The molecule has 3 aromatic carbocycles. The topological polar surface area (TPSA) is 141 Å². The first-order chi connectivity index (χ1) is 16.2. The number of benzene rings is 3. The molecular formula is C23H14FN3O7. The fourth-order valence-corrected chi connectivity index (χ4v) is 3.91. The number of nitrogens with zero attached hydrogens (tertiary/aromatic N) is 3. The molecule has 0 N–H and O–H groups in total. The molecule has 170 valence electrons. The van der Waals surface area contributed by atoms with Crippen LogP contribution in [0.5, 0.6) is 0 Å². The van der Waals surface area contributed by atoms with Crippen LogP contribution in [0.2, 0.25) is 0 Å². The normalized spacial score (nSPS) is 17.6. The third kappa shape index (κ3) is 3.79. The molecule has 0 aromatic heterocycles. The zero-order chi connectivity index (χ0) is 24.6. The van der Waals surface area contributed by atoms with Crippen molar-refractivity contribution in [3.63, 3.8) is 0 Å². The van der Waals surface area contributed by atoms with Gasteiger partial charge in [0.1, 0.15) is 11.7 Å². The summed E-state index contributed by atoms with van der Waals surface area (Å²) in [5, 5.41) is 21.9. The summed E-state index contributed by atoms with van der Waals surface area (Å²) in [4.78, 5) is 60.8. The predicted octanol–water partition coefficient (Wildman–Crippen LogP) is 3.80. The van der Waals surface area contributed by atoms with Crippen LogP contribution in [0.3, 0.4) is 0 Å². The van der Waals surface area contributed by atoms with Gasteiger partial charge in [-0.05, 0) is 30.3 Å². The van der Waals surface area contributed by atoms with Gasteiger partial charge in [0.25, 0.3) is 17.3 Å². The number of anilines is 1. The van der Waals surface area contributed by atoms with Crippen LogP contribution < -0.4 is 4.90 Å². The molecule has 1 fully saturated rings. The van der Waals surface area contributed by atoms with Crippen molar-refractivity contribution in [2.75, 3.05) is 4.90 Å². The molecule has 0 radical (unpaired) electrons. The Morgan fingerprint density at radius 1 is 0.824 bits per heavy atom. The Labute approximate surface area is 190 Å². The van der Waals surface area contributed by atoms with E-state index in [2.05, 4.69) is 0 Å². The summed E-state index contributed by atoms with van der Waals surface area (Å²) < 4.78 is 14.8. The van der Waals surface area contributed by atoms with Crippen molar-refractivity contribution in [2.45, 2.75) is 6.04 Å². The van der Waals surface area contributed by atoms with Gasteiger partial charge in [0.15, 0.2) is 5.78 Å². The molecule has 0 bridgehead atoms. The van der Waals surface area contributed by atoms with Gasteiger partial charge in [0.2, 0.25) is 5.78 Å². The molecule has 1 aliphatic heterocycles. The zero-order valence-corrected chi connectivity index (χ0v) is 17.2. The molecule has 3 aromatic rings. The van der Waals surface area contributed by atoms with E-state index in [1.165, 1.54) is 30.3 Å². The first kappa shape index (κ1) is 22.4. The predicted molar refractivity (Wildman–Crippen MR) is 116 cm³/mol. The van der Waals surface area contributed by atoms with Gasteiger partial charge in [-0.25, -0.2) is 4.39 Å². The first-order valence-electron chi connectivity index (χ1n) is 9.85. The molecule has 0 spiro atoms. The summed E-state index contributed by atoms with van der Waals surface area (Å²) >= 11 is 0. The van der Waals surface area contributed by atoms with Gasteiger partial charge in [-0.1, -0.05) is 18.2 Å². The van der Waals surface area contributed by atoms with Crippen molar-refractivity contribution in [3.8, 4) is 0 Å². The third-order valence-corrected chi connectivity index (χ3v) is 5.51. The number of amides is 1. The number of non-ortho nitro benzene ring substituents is 2. The maximum Gasteiger partial charge on any atom is 0.295 e. The molecule has 11 heteroatoms. The molecule has 4 rings (SSSR count). The third-order valence-electron chi connectivity index (χ3n) is 5.51. The van der Waals surface area contributed by atoms with Crippen molar-refractivity contribution in [3.05, 3.63) is 110 Å². The lowest BCUT2D eigenvalue weighted by Crippen LogP contribution is -2.31. The van der Waals surface area contributed by atoms with Crippen LogP contribution in [-0.2, 0) is 9.59 Å². The highest BCUT2D eigenvalue weighted by molar-refractivity contribution is 6.49.